The van der Waals surface area contributed by atoms with Gasteiger partial charge in [-0.05, 0) is 20.8 Å². The van der Waals surface area contributed by atoms with Gasteiger partial charge in [0.05, 0.1) is 5.41 Å². The highest BCUT2D eigenvalue weighted by Gasteiger charge is 2.55. The van der Waals surface area contributed by atoms with Crippen molar-refractivity contribution in [3.63, 3.8) is 0 Å². The molecule has 0 aromatic carbocycles. The van der Waals surface area contributed by atoms with Crippen molar-refractivity contribution in [1.29, 1.82) is 5.41 Å². The highest BCUT2D eigenvalue weighted by atomic mass is 35.6. The van der Waals surface area contributed by atoms with E-state index in [0.29, 0.717) is 0 Å². The fraction of sp³-hybridized carbons (Fsp3) is 0.737. The molecular weight excluding hydrogens is 509 g/mol. The zero-order valence-electron chi connectivity index (χ0n) is 18.8. The molecule has 1 heterocycles. The monoisotopic (exact) mass is 533 g/mol. The molecule has 0 amide bonds. The molecule has 188 valence electrons. The summed E-state index contributed by atoms with van der Waals surface area (Å²) in [5.41, 5.74) is -1.01. The summed E-state index contributed by atoms with van der Waals surface area (Å²) in [5, 5.41) is 7.86. The van der Waals surface area contributed by atoms with Crippen LogP contribution in [0.25, 0.3) is 0 Å². The number of esters is 4. The molecule has 0 aromatic heterocycles. The van der Waals surface area contributed by atoms with Crippen LogP contribution in [0.1, 0.15) is 41.5 Å². The van der Waals surface area contributed by atoms with E-state index in [1.165, 1.54) is 0 Å². The smallest absolute Gasteiger partial charge is 0.311 e. The van der Waals surface area contributed by atoms with Crippen LogP contribution >= 0.6 is 34.8 Å². The van der Waals surface area contributed by atoms with E-state index in [0.717, 1.165) is 20.8 Å². The molecule has 0 radical (unpaired) electrons. The molecule has 1 saturated heterocycles. The van der Waals surface area contributed by atoms with Gasteiger partial charge in [-0.2, -0.15) is 0 Å². The fourth-order valence-corrected chi connectivity index (χ4v) is 2.71. The summed E-state index contributed by atoms with van der Waals surface area (Å²) in [6.45, 7) is 7.51. The summed E-state index contributed by atoms with van der Waals surface area (Å²) >= 11 is 17.0. The van der Waals surface area contributed by atoms with E-state index in [9.17, 15) is 19.2 Å². The lowest BCUT2D eigenvalue weighted by Crippen LogP contribution is -2.63. The third kappa shape index (κ3) is 9.15. The Labute approximate surface area is 205 Å². The van der Waals surface area contributed by atoms with Gasteiger partial charge in [-0.3, -0.25) is 24.6 Å². The summed E-state index contributed by atoms with van der Waals surface area (Å²) < 4.78 is 29.7. The van der Waals surface area contributed by atoms with Crippen LogP contribution in [0.5, 0.6) is 0 Å². The van der Waals surface area contributed by atoms with Gasteiger partial charge in [-0.15, -0.1) is 0 Å². The van der Waals surface area contributed by atoms with Gasteiger partial charge in [-0.1, -0.05) is 34.8 Å². The summed E-state index contributed by atoms with van der Waals surface area (Å²) in [7, 11) is 0. The van der Waals surface area contributed by atoms with E-state index in [1.54, 1.807) is 20.8 Å². The van der Waals surface area contributed by atoms with E-state index in [-0.39, 0.29) is 0 Å². The molecule has 11 nitrogen and oxygen atoms in total. The van der Waals surface area contributed by atoms with Gasteiger partial charge in [0.25, 0.3) is 3.79 Å². The molecule has 0 bridgehead atoms. The number of ether oxygens (including phenoxy) is 6. The molecule has 1 aliphatic rings. The number of nitrogens with one attached hydrogen (secondary N) is 1. The molecule has 33 heavy (non-hydrogen) atoms. The molecule has 1 N–H and O–H groups in total. The van der Waals surface area contributed by atoms with Crippen LogP contribution in [0, 0.1) is 10.8 Å². The van der Waals surface area contributed by atoms with Crippen molar-refractivity contribution in [1.82, 2.24) is 0 Å². The summed E-state index contributed by atoms with van der Waals surface area (Å²) in [5.74, 6) is -3.95. The average Bonchev–Trinajstić information content (AvgIpc) is 2.62. The van der Waals surface area contributed by atoms with E-state index >= 15 is 0 Å². The number of halogens is 3. The number of alkyl halides is 3. The number of hydrogen-bond donors (Lipinski definition) is 1. The number of rotatable bonds is 6. The first kappa shape index (κ1) is 29.2. The molecule has 1 rings (SSSR count). The Balaban J connectivity index is 3.50. The van der Waals surface area contributed by atoms with Crippen molar-refractivity contribution < 1.29 is 47.6 Å². The minimum atomic E-state index is -2.31. The highest BCUT2D eigenvalue weighted by Crippen LogP contribution is 2.34. The second-order valence-corrected chi connectivity index (χ2v) is 10.3. The van der Waals surface area contributed by atoms with Crippen LogP contribution in [0.4, 0.5) is 0 Å². The zero-order chi connectivity index (χ0) is 25.7. The van der Waals surface area contributed by atoms with Crippen LogP contribution in [0.15, 0.2) is 0 Å². The first-order valence-electron chi connectivity index (χ1n) is 9.60. The molecular formula is C19H26Cl3NO10. The normalized spacial score (nSPS) is 25.4. The summed E-state index contributed by atoms with van der Waals surface area (Å²) in [4.78, 5) is 47.6. The van der Waals surface area contributed by atoms with Gasteiger partial charge in [0.15, 0.2) is 12.2 Å². The van der Waals surface area contributed by atoms with Crippen molar-refractivity contribution in [2.24, 2.45) is 5.41 Å². The Bertz CT molecular complexity index is 777. The minimum absolute atomic E-state index is 0.466. The second kappa shape index (κ2) is 11.5. The van der Waals surface area contributed by atoms with Gasteiger partial charge in [0.1, 0.15) is 12.7 Å². The van der Waals surface area contributed by atoms with E-state index < -0.39 is 76.3 Å². The van der Waals surface area contributed by atoms with E-state index in [2.05, 4.69) is 0 Å². The maximum absolute atomic E-state index is 12.6. The van der Waals surface area contributed by atoms with Crippen LogP contribution in [0.3, 0.4) is 0 Å². The van der Waals surface area contributed by atoms with Gasteiger partial charge in [0.2, 0.25) is 18.3 Å². The molecule has 0 unspecified atom stereocenters. The van der Waals surface area contributed by atoms with Crippen LogP contribution in [-0.2, 0) is 47.6 Å². The summed E-state index contributed by atoms with van der Waals surface area (Å²) in [6, 6.07) is 0. The molecule has 0 aliphatic carbocycles. The van der Waals surface area contributed by atoms with Gasteiger partial charge in [-0.25, -0.2) is 0 Å². The second-order valence-electron chi connectivity index (χ2n) is 8.06. The predicted octanol–water partition coefficient (Wildman–Crippen LogP) is 2.46. The lowest BCUT2D eigenvalue weighted by molar-refractivity contribution is -0.293. The number of carbonyl (C=O) groups is 4. The molecule has 5 atom stereocenters. The SMILES string of the molecule is CC(=O)OC[C@H]1O[C@H](OC(=N)C(Cl)(Cl)Cl)[C@H](OC(=O)C(C)(C)C)[C@@H](OC(C)=O)[C@H]1OC(C)=O. The first-order chi connectivity index (χ1) is 14.9. The topological polar surface area (TPSA) is 148 Å². The molecule has 0 spiro atoms. The Hall–Kier alpha value is -1.82. The van der Waals surface area contributed by atoms with Crippen molar-refractivity contribution in [2.75, 3.05) is 6.61 Å². The number of hydrogen-bond acceptors (Lipinski definition) is 11. The highest BCUT2D eigenvalue weighted by molar-refractivity contribution is 6.76. The third-order valence-electron chi connectivity index (χ3n) is 3.99. The molecule has 0 saturated carbocycles. The minimum Gasteiger partial charge on any atom is -0.463 e. The van der Waals surface area contributed by atoms with Crippen LogP contribution in [0.2, 0.25) is 0 Å². The maximum atomic E-state index is 12.6. The lowest BCUT2D eigenvalue weighted by Gasteiger charge is -2.44. The fourth-order valence-electron chi connectivity index (χ4n) is 2.58. The van der Waals surface area contributed by atoms with Crippen molar-refractivity contribution in [3.8, 4) is 0 Å². The van der Waals surface area contributed by atoms with E-state index in [1.807, 2.05) is 0 Å². The Morgan fingerprint density at radius 2 is 1.33 bits per heavy atom. The van der Waals surface area contributed by atoms with Crippen molar-refractivity contribution in [2.45, 2.75) is 76.0 Å². The van der Waals surface area contributed by atoms with Gasteiger partial charge < -0.3 is 28.4 Å². The van der Waals surface area contributed by atoms with Crippen molar-refractivity contribution in [3.05, 3.63) is 0 Å². The molecule has 1 aliphatic heterocycles. The Morgan fingerprint density at radius 3 is 1.76 bits per heavy atom. The quantitative estimate of drug-likeness (QED) is 0.177. The van der Waals surface area contributed by atoms with E-state index in [4.69, 9.17) is 68.6 Å². The Kier molecular flexibility index (Phi) is 10.2. The molecule has 14 heteroatoms. The van der Waals surface area contributed by atoms with Crippen LogP contribution in [-0.4, -0.2) is 70.9 Å². The van der Waals surface area contributed by atoms with Crippen molar-refractivity contribution >= 4 is 64.6 Å². The average molecular weight is 535 g/mol. The van der Waals surface area contributed by atoms with Gasteiger partial charge >= 0.3 is 23.9 Å². The zero-order valence-corrected chi connectivity index (χ0v) is 21.1. The van der Waals surface area contributed by atoms with Gasteiger partial charge in [0, 0.05) is 20.8 Å². The molecule has 0 aromatic rings. The predicted molar refractivity (Wildman–Crippen MR) is 115 cm³/mol. The third-order valence-corrected chi connectivity index (χ3v) is 4.51. The largest absolute Gasteiger partial charge is 0.463 e. The first-order valence-corrected chi connectivity index (χ1v) is 10.7. The Morgan fingerprint density at radius 1 is 0.818 bits per heavy atom. The number of carbonyl (C=O) groups excluding carboxylic acids is 4. The summed E-state index contributed by atoms with van der Waals surface area (Å²) in [6.07, 6.45) is -7.37. The van der Waals surface area contributed by atoms with Crippen LogP contribution < -0.4 is 0 Å². The molecule has 1 fully saturated rings. The maximum Gasteiger partial charge on any atom is 0.311 e. The lowest BCUT2D eigenvalue weighted by atomic mass is 9.95. The standard InChI is InChI=1S/C19H26Cl3NO10/c1-8(24)28-7-11-12(29-9(2)25)13(30-10(3)26)14(32-17(27)18(4,5)6)15(31-11)33-16(23)19(20,21)22/h11-15,23H,7H2,1-6H3/t11-,12+,13+,14-,15-/m1/s1.